The zero-order chi connectivity index (χ0) is 22.4. The normalized spacial score (nSPS) is 15.9. The van der Waals surface area contributed by atoms with Crippen LogP contribution < -0.4 is 10.5 Å². The average molecular weight is 437 g/mol. The summed E-state index contributed by atoms with van der Waals surface area (Å²) in [4.78, 5) is 13.8. The SMILES string of the molecule is CCOC(=O)C1=C(C)OC(N)=C(C#N)C1c1ccc(CSc2ccccc2)c(OC)c1. The molecule has 2 aromatic carbocycles. The summed E-state index contributed by atoms with van der Waals surface area (Å²) >= 11 is 1.70. The summed E-state index contributed by atoms with van der Waals surface area (Å²) in [5, 5.41) is 9.72. The number of hydrogen-bond donors (Lipinski definition) is 1. The van der Waals surface area contributed by atoms with Crippen LogP contribution in [0.3, 0.4) is 0 Å². The highest BCUT2D eigenvalue weighted by molar-refractivity contribution is 7.98. The van der Waals surface area contributed by atoms with Crippen LogP contribution in [0.15, 0.2) is 76.2 Å². The summed E-state index contributed by atoms with van der Waals surface area (Å²) < 4.78 is 16.3. The quantitative estimate of drug-likeness (QED) is 0.499. The lowest BCUT2D eigenvalue weighted by atomic mass is 9.82. The van der Waals surface area contributed by atoms with Gasteiger partial charge in [-0.25, -0.2) is 4.79 Å². The van der Waals surface area contributed by atoms with E-state index in [1.165, 1.54) is 0 Å². The van der Waals surface area contributed by atoms with Gasteiger partial charge in [-0.05, 0) is 37.6 Å². The first kappa shape index (κ1) is 22.3. The molecular formula is C24H24N2O4S. The van der Waals surface area contributed by atoms with Crippen LogP contribution in [0.1, 0.15) is 30.9 Å². The molecule has 1 heterocycles. The predicted molar refractivity (Wildman–Crippen MR) is 119 cm³/mol. The second kappa shape index (κ2) is 10.1. The second-order valence-electron chi connectivity index (χ2n) is 6.79. The van der Waals surface area contributed by atoms with Gasteiger partial charge in [0.1, 0.15) is 23.2 Å². The Balaban J connectivity index is 1.99. The van der Waals surface area contributed by atoms with Crippen molar-refractivity contribution in [3.63, 3.8) is 0 Å². The molecule has 31 heavy (non-hydrogen) atoms. The van der Waals surface area contributed by atoms with Crippen molar-refractivity contribution in [2.45, 2.75) is 30.4 Å². The number of nitrogens with zero attached hydrogens (tertiary/aromatic N) is 1. The van der Waals surface area contributed by atoms with Crippen LogP contribution in [0.25, 0.3) is 0 Å². The van der Waals surface area contributed by atoms with E-state index in [-0.39, 0.29) is 23.6 Å². The van der Waals surface area contributed by atoms with E-state index in [2.05, 4.69) is 18.2 Å². The summed E-state index contributed by atoms with van der Waals surface area (Å²) in [6, 6.07) is 17.9. The van der Waals surface area contributed by atoms with Crippen molar-refractivity contribution >= 4 is 17.7 Å². The zero-order valence-electron chi connectivity index (χ0n) is 17.7. The molecule has 7 heteroatoms. The number of nitrogens with two attached hydrogens (primary N) is 1. The molecule has 0 radical (unpaired) electrons. The molecule has 2 aromatic rings. The molecule has 1 aliphatic rings. The molecule has 0 saturated carbocycles. The monoisotopic (exact) mass is 436 g/mol. The highest BCUT2D eigenvalue weighted by Crippen LogP contribution is 2.41. The molecule has 2 N–H and O–H groups in total. The van der Waals surface area contributed by atoms with Crippen molar-refractivity contribution in [3.05, 3.63) is 82.4 Å². The number of benzene rings is 2. The topological polar surface area (TPSA) is 94.6 Å². The summed E-state index contributed by atoms with van der Waals surface area (Å²) in [5.74, 6) is 0.465. The maximum Gasteiger partial charge on any atom is 0.338 e. The molecule has 1 unspecified atom stereocenters. The van der Waals surface area contributed by atoms with Gasteiger partial charge < -0.3 is 19.9 Å². The van der Waals surface area contributed by atoms with Gasteiger partial charge in [0.25, 0.3) is 0 Å². The molecule has 1 aliphatic heterocycles. The van der Waals surface area contributed by atoms with E-state index in [4.69, 9.17) is 19.9 Å². The van der Waals surface area contributed by atoms with Crippen molar-refractivity contribution < 1.29 is 19.0 Å². The number of nitriles is 1. The first-order valence-corrected chi connectivity index (χ1v) is 10.8. The summed E-state index contributed by atoms with van der Waals surface area (Å²) in [5.41, 5.74) is 8.11. The van der Waals surface area contributed by atoms with Crippen LogP contribution >= 0.6 is 11.8 Å². The van der Waals surface area contributed by atoms with Gasteiger partial charge in [-0.3, -0.25) is 0 Å². The number of rotatable bonds is 7. The lowest BCUT2D eigenvalue weighted by Crippen LogP contribution is -2.25. The van der Waals surface area contributed by atoms with E-state index in [0.717, 1.165) is 10.5 Å². The Labute approximate surface area is 186 Å². The Kier molecular flexibility index (Phi) is 7.27. The molecule has 6 nitrogen and oxygen atoms in total. The van der Waals surface area contributed by atoms with Crippen LogP contribution in [-0.2, 0) is 20.0 Å². The Bertz CT molecular complexity index is 1070. The Morgan fingerprint density at radius 1 is 1.26 bits per heavy atom. The Morgan fingerprint density at radius 3 is 2.65 bits per heavy atom. The molecule has 160 valence electrons. The molecule has 1 atom stereocenters. The number of esters is 1. The van der Waals surface area contributed by atoms with Crippen molar-refractivity contribution in [2.75, 3.05) is 13.7 Å². The number of allylic oxidation sites excluding steroid dienone is 2. The van der Waals surface area contributed by atoms with Gasteiger partial charge >= 0.3 is 5.97 Å². The minimum atomic E-state index is -0.692. The first-order valence-electron chi connectivity index (χ1n) is 9.80. The van der Waals surface area contributed by atoms with Crippen LogP contribution in [0.5, 0.6) is 5.75 Å². The Morgan fingerprint density at radius 2 is 2.00 bits per heavy atom. The largest absolute Gasteiger partial charge is 0.496 e. The molecule has 0 fully saturated rings. The lowest BCUT2D eigenvalue weighted by Gasteiger charge is -2.27. The molecular weight excluding hydrogens is 412 g/mol. The number of thioether (sulfide) groups is 1. The van der Waals surface area contributed by atoms with Crippen LogP contribution in [0.2, 0.25) is 0 Å². The lowest BCUT2D eigenvalue weighted by molar-refractivity contribution is -0.139. The van der Waals surface area contributed by atoms with Gasteiger partial charge in [0.2, 0.25) is 5.88 Å². The minimum Gasteiger partial charge on any atom is -0.496 e. The van der Waals surface area contributed by atoms with Gasteiger partial charge in [0, 0.05) is 16.2 Å². The number of hydrogen-bond acceptors (Lipinski definition) is 7. The summed E-state index contributed by atoms with van der Waals surface area (Å²) in [7, 11) is 1.60. The predicted octanol–water partition coefficient (Wildman–Crippen LogP) is 4.63. The fourth-order valence-corrected chi connectivity index (χ4v) is 4.34. The second-order valence-corrected chi connectivity index (χ2v) is 7.84. The van der Waals surface area contributed by atoms with Gasteiger partial charge in [0.15, 0.2) is 0 Å². The standard InChI is InChI=1S/C24H24N2O4S/c1-4-29-24(27)21-15(2)30-23(26)19(13-25)22(21)16-10-11-17(20(12-16)28-3)14-31-18-8-6-5-7-9-18/h5-12,22H,4,14,26H2,1-3H3. The van der Waals surface area contributed by atoms with Crippen molar-refractivity contribution in [1.82, 2.24) is 0 Å². The van der Waals surface area contributed by atoms with E-state index in [1.807, 2.05) is 36.4 Å². The van der Waals surface area contributed by atoms with Gasteiger partial charge in [0.05, 0.1) is 25.2 Å². The third-order valence-electron chi connectivity index (χ3n) is 4.88. The van der Waals surface area contributed by atoms with E-state index < -0.39 is 11.9 Å². The molecule has 0 aliphatic carbocycles. The fourth-order valence-electron chi connectivity index (χ4n) is 3.43. The van der Waals surface area contributed by atoms with Gasteiger partial charge in [-0.2, -0.15) is 5.26 Å². The summed E-state index contributed by atoms with van der Waals surface area (Å²) in [6.07, 6.45) is 0. The molecule has 0 bridgehead atoms. The van der Waals surface area contributed by atoms with E-state index >= 15 is 0 Å². The van der Waals surface area contributed by atoms with Gasteiger partial charge in [-0.15, -0.1) is 11.8 Å². The summed E-state index contributed by atoms with van der Waals surface area (Å²) in [6.45, 7) is 3.58. The molecule has 0 amide bonds. The van der Waals surface area contributed by atoms with Crippen molar-refractivity contribution in [3.8, 4) is 11.8 Å². The zero-order valence-corrected chi connectivity index (χ0v) is 18.5. The highest BCUT2D eigenvalue weighted by atomic mass is 32.2. The molecule has 0 saturated heterocycles. The number of carbonyl (C=O) groups is 1. The van der Waals surface area contributed by atoms with E-state index in [9.17, 15) is 10.1 Å². The highest BCUT2D eigenvalue weighted by Gasteiger charge is 2.36. The fraction of sp³-hybridized carbons (Fsp3) is 0.250. The maximum absolute atomic E-state index is 12.7. The smallest absolute Gasteiger partial charge is 0.338 e. The number of carbonyl (C=O) groups excluding carboxylic acids is 1. The third-order valence-corrected chi connectivity index (χ3v) is 5.94. The average Bonchev–Trinajstić information content (AvgIpc) is 2.78. The van der Waals surface area contributed by atoms with E-state index in [1.54, 1.807) is 32.7 Å². The van der Waals surface area contributed by atoms with Crippen LogP contribution in [0, 0.1) is 11.3 Å². The number of methoxy groups -OCH3 is 1. The van der Waals surface area contributed by atoms with Gasteiger partial charge in [-0.1, -0.05) is 30.3 Å². The Hall–Kier alpha value is -3.37. The van der Waals surface area contributed by atoms with E-state index in [0.29, 0.717) is 22.8 Å². The molecule has 3 rings (SSSR count). The van der Waals surface area contributed by atoms with Crippen molar-refractivity contribution in [1.29, 1.82) is 5.26 Å². The molecule has 0 spiro atoms. The van der Waals surface area contributed by atoms with Crippen LogP contribution in [-0.4, -0.2) is 19.7 Å². The molecule has 0 aromatic heterocycles. The minimum absolute atomic E-state index is 0.0132. The third kappa shape index (κ3) is 4.86. The maximum atomic E-state index is 12.7. The van der Waals surface area contributed by atoms with Crippen LogP contribution in [0.4, 0.5) is 0 Å². The first-order chi connectivity index (χ1) is 15.0. The van der Waals surface area contributed by atoms with Crippen molar-refractivity contribution in [2.24, 2.45) is 5.73 Å². The number of ether oxygens (including phenoxy) is 3.